The predicted molar refractivity (Wildman–Crippen MR) is 84.1 cm³/mol. The first-order chi connectivity index (χ1) is 10.1. The van der Waals surface area contributed by atoms with Gasteiger partial charge in [-0.25, -0.2) is 0 Å². The van der Waals surface area contributed by atoms with Gasteiger partial charge in [-0.2, -0.15) is 0 Å². The average Bonchev–Trinajstić information content (AvgIpc) is 2.73. The molecule has 21 heavy (non-hydrogen) atoms. The molecule has 1 aliphatic rings. The number of halogens is 2. The van der Waals surface area contributed by atoms with Crippen molar-refractivity contribution >= 4 is 46.8 Å². The minimum absolute atomic E-state index is 0.201. The summed E-state index contributed by atoms with van der Waals surface area (Å²) in [5, 5.41) is 1.10. The Bertz CT molecular complexity index is 713. The molecule has 1 aliphatic heterocycles. The van der Waals surface area contributed by atoms with Crippen molar-refractivity contribution in [2.75, 3.05) is 5.88 Å². The largest absolute Gasteiger partial charge is 0.269 e. The van der Waals surface area contributed by atoms with Crippen molar-refractivity contribution in [3.63, 3.8) is 0 Å². The molecule has 0 unspecified atom stereocenters. The third kappa shape index (κ3) is 2.67. The molecule has 2 aromatic carbocycles. The highest BCUT2D eigenvalue weighted by molar-refractivity contribution is 7.99. The van der Waals surface area contributed by atoms with E-state index in [1.54, 1.807) is 42.5 Å². The highest BCUT2D eigenvalue weighted by atomic mass is 35.5. The second kappa shape index (κ2) is 5.72. The second-order valence-corrected chi connectivity index (χ2v) is 6.26. The lowest BCUT2D eigenvalue weighted by Gasteiger charge is -2.13. The Morgan fingerprint density at radius 2 is 1.57 bits per heavy atom. The zero-order valence-electron chi connectivity index (χ0n) is 10.7. The Labute approximate surface area is 135 Å². The molecule has 0 atom stereocenters. The summed E-state index contributed by atoms with van der Waals surface area (Å²) in [5.74, 6) is -0.352. The van der Waals surface area contributed by atoms with E-state index in [9.17, 15) is 9.59 Å². The van der Waals surface area contributed by atoms with Crippen LogP contribution in [0.1, 0.15) is 20.7 Å². The summed E-state index contributed by atoms with van der Waals surface area (Å²) in [5.41, 5.74) is 0.889. The fourth-order valence-corrected chi connectivity index (χ4v) is 3.52. The molecule has 3 nitrogen and oxygen atoms in total. The predicted octanol–water partition coefficient (Wildman–Crippen LogP) is 4.34. The molecule has 2 aromatic rings. The molecule has 0 bridgehead atoms. The van der Waals surface area contributed by atoms with Crippen LogP contribution in [0.25, 0.3) is 0 Å². The molecule has 0 aromatic heterocycles. The van der Waals surface area contributed by atoms with E-state index < -0.39 is 0 Å². The minimum Gasteiger partial charge on any atom is -0.269 e. The van der Waals surface area contributed by atoms with Crippen molar-refractivity contribution in [3.8, 4) is 0 Å². The molecule has 0 saturated carbocycles. The Morgan fingerprint density at radius 3 is 2.19 bits per heavy atom. The maximum absolute atomic E-state index is 12.2. The third-order valence-electron chi connectivity index (χ3n) is 3.12. The molecule has 6 heteroatoms. The van der Waals surface area contributed by atoms with Crippen LogP contribution in [0, 0.1) is 0 Å². The molecule has 0 fully saturated rings. The first-order valence-electron chi connectivity index (χ1n) is 6.11. The van der Waals surface area contributed by atoms with Crippen LogP contribution in [0.4, 0.5) is 0 Å². The number of rotatable bonds is 3. The first kappa shape index (κ1) is 14.4. The van der Waals surface area contributed by atoms with Crippen molar-refractivity contribution in [2.45, 2.75) is 4.90 Å². The van der Waals surface area contributed by atoms with Gasteiger partial charge in [0.2, 0.25) is 0 Å². The van der Waals surface area contributed by atoms with Crippen LogP contribution in [0.3, 0.4) is 0 Å². The maximum atomic E-state index is 12.2. The van der Waals surface area contributed by atoms with Crippen LogP contribution in [0.2, 0.25) is 10.0 Å². The highest BCUT2D eigenvalue weighted by Crippen LogP contribution is 2.32. The second-order valence-electron chi connectivity index (χ2n) is 4.43. The van der Waals surface area contributed by atoms with E-state index in [1.165, 1.54) is 16.7 Å². The van der Waals surface area contributed by atoms with Crippen molar-refractivity contribution in [2.24, 2.45) is 0 Å². The number of carbonyl (C=O) groups excluding carboxylic acids is 2. The summed E-state index contributed by atoms with van der Waals surface area (Å²) in [7, 11) is 0. The molecule has 2 amide bonds. The molecule has 0 aliphatic carbocycles. The molecular weight excluding hydrogens is 329 g/mol. The van der Waals surface area contributed by atoms with Gasteiger partial charge in [-0.1, -0.05) is 35.3 Å². The van der Waals surface area contributed by atoms with E-state index in [4.69, 9.17) is 23.2 Å². The van der Waals surface area contributed by atoms with Crippen LogP contribution in [-0.4, -0.2) is 22.6 Å². The minimum atomic E-state index is -0.277. The zero-order valence-corrected chi connectivity index (χ0v) is 13.0. The Balaban J connectivity index is 1.80. The molecule has 3 rings (SSSR count). The summed E-state index contributed by atoms with van der Waals surface area (Å²) in [6.07, 6.45) is 0. The summed E-state index contributed by atoms with van der Waals surface area (Å²) in [6, 6.07) is 11.9. The lowest BCUT2D eigenvalue weighted by atomic mass is 10.1. The number of hydrogen-bond acceptors (Lipinski definition) is 3. The smallest absolute Gasteiger partial charge is 0.262 e. The molecular formula is C15H9Cl2NO2S. The number of hydrogen-bond donors (Lipinski definition) is 0. The van der Waals surface area contributed by atoms with Gasteiger partial charge >= 0.3 is 0 Å². The summed E-state index contributed by atoms with van der Waals surface area (Å²) >= 11 is 13.3. The van der Waals surface area contributed by atoms with Gasteiger partial charge in [0.1, 0.15) is 0 Å². The quantitative estimate of drug-likeness (QED) is 0.617. The molecule has 0 radical (unpaired) electrons. The maximum Gasteiger partial charge on any atom is 0.262 e. The number of thioether (sulfide) groups is 1. The van der Waals surface area contributed by atoms with Crippen LogP contribution in [0.5, 0.6) is 0 Å². The fourth-order valence-electron chi connectivity index (χ4n) is 2.08. The molecule has 106 valence electrons. The molecule has 1 heterocycles. The van der Waals surface area contributed by atoms with Gasteiger partial charge in [0.15, 0.2) is 0 Å². The Kier molecular flexibility index (Phi) is 3.93. The van der Waals surface area contributed by atoms with Crippen LogP contribution >= 0.6 is 35.0 Å². The molecule has 0 spiro atoms. The van der Waals surface area contributed by atoms with Crippen molar-refractivity contribution in [1.29, 1.82) is 0 Å². The van der Waals surface area contributed by atoms with Crippen molar-refractivity contribution in [1.82, 2.24) is 4.90 Å². The van der Waals surface area contributed by atoms with E-state index in [2.05, 4.69) is 0 Å². The average molecular weight is 338 g/mol. The summed E-state index contributed by atoms with van der Waals surface area (Å²) in [4.78, 5) is 26.4. The highest BCUT2D eigenvalue weighted by Gasteiger charge is 2.34. The number of benzene rings is 2. The van der Waals surface area contributed by atoms with Crippen LogP contribution < -0.4 is 0 Å². The van der Waals surface area contributed by atoms with Gasteiger partial charge in [-0.05, 0) is 30.3 Å². The van der Waals surface area contributed by atoms with Gasteiger partial charge in [0.25, 0.3) is 11.8 Å². The summed E-state index contributed by atoms with van der Waals surface area (Å²) < 4.78 is 0. The van der Waals surface area contributed by atoms with Crippen LogP contribution in [-0.2, 0) is 0 Å². The van der Waals surface area contributed by atoms with Gasteiger partial charge < -0.3 is 0 Å². The lowest BCUT2D eigenvalue weighted by Crippen LogP contribution is -2.29. The Hall–Kier alpha value is -1.49. The number of carbonyl (C=O) groups is 2. The van der Waals surface area contributed by atoms with Gasteiger partial charge in [-0.3, -0.25) is 14.5 Å². The fraction of sp³-hybridized carbons (Fsp3) is 0.0667. The van der Waals surface area contributed by atoms with Gasteiger partial charge in [-0.15, -0.1) is 11.8 Å². The monoisotopic (exact) mass is 337 g/mol. The van der Waals surface area contributed by atoms with E-state index in [0.717, 1.165) is 4.90 Å². The molecule has 0 N–H and O–H groups in total. The molecule has 0 saturated heterocycles. The number of nitrogens with zero attached hydrogens (tertiary/aromatic N) is 1. The Morgan fingerprint density at radius 1 is 0.952 bits per heavy atom. The summed E-state index contributed by atoms with van der Waals surface area (Å²) in [6.45, 7) is 0. The number of amides is 2. The zero-order chi connectivity index (χ0) is 15.0. The third-order valence-corrected chi connectivity index (χ3v) is 4.83. The van der Waals surface area contributed by atoms with Crippen molar-refractivity contribution in [3.05, 3.63) is 63.6 Å². The standard InChI is InChI=1S/C15H9Cl2NO2S/c16-9-5-6-12(17)13(7-9)21-8-18-14(19)10-3-1-2-4-11(10)15(18)20/h1-7H,8H2. The van der Waals surface area contributed by atoms with Crippen LogP contribution in [0.15, 0.2) is 47.4 Å². The van der Waals surface area contributed by atoms with E-state index in [0.29, 0.717) is 21.2 Å². The van der Waals surface area contributed by atoms with E-state index in [1.807, 2.05) is 0 Å². The van der Waals surface area contributed by atoms with Gasteiger partial charge in [0, 0.05) is 9.92 Å². The first-order valence-corrected chi connectivity index (χ1v) is 7.85. The number of fused-ring (bicyclic) bond motifs is 1. The van der Waals surface area contributed by atoms with E-state index >= 15 is 0 Å². The van der Waals surface area contributed by atoms with Gasteiger partial charge in [0.05, 0.1) is 22.0 Å². The topological polar surface area (TPSA) is 37.4 Å². The SMILES string of the molecule is O=C1c2ccccc2C(=O)N1CSc1cc(Cl)ccc1Cl. The van der Waals surface area contributed by atoms with E-state index in [-0.39, 0.29) is 17.7 Å². The number of imide groups is 1. The van der Waals surface area contributed by atoms with Crippen molar-refractivity contribution < 1.29 is 9.59 Å². The lowest BCUT2D eigenvalue weighted by molar-refractivity contribution is 0.0684. The normalized spacial score (nSPS) is 13.7.